The monoisotopic (exact) mass is 130 g/mol. The molecule has 0 spiro atoms. The van der Waals surface area contributed by atoms with E-state index in [2.05, 4.69) is 0 Å². The molecule has 0 amide bonds. The number of hydrogen-bond acceptors (Lipinski definition) is 1. The number of nitrogens with two attached hydrogens (primary N) is 1. The number of halogens is 1. The fourth-order valence-corrected chi connectivity index (χ4v) is 0.112. The van der Waals surface area contributed by atoms with Gasteiger partial charge < -0.3 is 5.72 Å². The Balaban J connectivity index is 0. The van der Waals surface area contributed by atoms with E-state index in [-0.39, 0.29) is 18.1 Å². The smallest absolute Gasteiger partial charge is 0.118 e. The molecule has 0 saturated carbocycles. The Morgan fingerprint density at radius 3 is 2.71 bits per heavy atom. The second-order valence-electron chi connectivity index (χ2n) is 1.24. The first kappa shape index (κ1) is 1.89. The van der Waals surface area contributed by atoms with Crippen molar-refractivity contribution in [3.63, 3.8) is 0 Å². The Kier molecular flexibility index (Phi) is 1.69. The Bertz CT molecular complexity index is 187. The molecule has 1 nitrogen and oxygen atoms in total. The molecular formula is C5H14ClN. The molecule has 0 bridgehead atoms. The van der Waals surface area contributed by atoms with Crippen LogP contribution in [0.25, 0.3) is 0 Å². The van der Waals surface area contributed by atoms with Crippen molar-refractivity contribution in [3.05, 3.63) is 0 Å². The fourth-order valence-electron chi connectivity index (χ4n) is 0.112. The van der Waals surface area contributed by atoms with Gasteiger partial charge in [0.15, 0.2) is 0 Å². The van der Waals surface area contributed by atoms with Crippen molar-refractivity contribution in [2.75, 3.05) is 6.50 Å². The topological polar surface area (TPSA) is 26.0 Å². The average molecular weight is 131 g/mol. The molecule has 0 fully saturated rings. The Labute approximate surface area is 61.6 Å². The second kappa shape index (κ2) is 6.25. The minimum Gasteiger partial charge on any atom is -0.330 e. The standard InChI is InChI=1S/C5H13N.ClH/c1-5(2)3-4-6;/h5H,3-4,6H2,1-2H3;1H/i3D2,4D2,5D;/hD2. The Morgan fingerprint density at radius 2 is 2.57 bits per heavy atom. The van der Waals surface area contributed by atoms with Gasteiger partial charge in [-0.1, -0.05) is 13.8 Å². The van der Waals surface area contributed by atoms with Crippen LogP contribution in [0.3, 0.4) is 0 Å². The van der Waals surface area contributed by atoms with Gasteiger partial charge in [-0.25, -0.2) is 0 Å². The maximum atomic E-state index is 7.38. The van der Waals surface area contributed by atoms with Crippen LogP contribution in [0.5, 0.6) is 0 Å². The van der Waals surface area contributed by atoms with Gasteiger partial charge in [0.2, 0.25) is 0 Å². The average Bonchev–Trinajstić information content (AvgIpc) is 1.84. The summed E-state index contributed by atoms with van der Waals surface area (Å²) in [6.45, 7) is -0.402. The SMILES string of the molecule is Cl.[2H]N([2H])C([2H])([2H])C([2H])([2H])C([2H])(C)C. The largest absolute Gasteiger partial charge is 0.330 e. The Morgan fingerprint density at radius 1 is 2.00 bits per heavy atom. The molecule has 0 aliphatic heterocycles. The summed E-state index contributed by atoms with van der Waals surface area (Å²) in [6.07, 6.45) is -2.59. The molecule has 0 unspecified atom stereocenters. The zero-order chi connectivity index (χ0) is 11.1. The molecule has 0 heterocycles. The third kappa shape index (κ3) is 10.7. The van der Waals surface area contributed by atoms with E-state index in [0.717, 1.165) is 0 Å². The molecule has 0 aliphatic carbocycles. The summed E-state index contributed by atoms with van der Waals surface area (Å²) in [4.78, 5) is 0. The molecule has 0 aromatic heterocycles. The number of hydrogen-bond donors (Lipinski definition) is 1. The van der Waals surface area contributed by atoms with Crippen LogP contribution >= 0.6 is 12.4 Å². The zero-order valence-electron chi connectivity index (χ0n) is 11.4. The van der Waals surface area contributed by atoms with E-state index in [1.165, 1.54) is 13.8 Å². The lowest BCUT2D eigenvalue weighted by Gasteiger charge is -1.96. The minimum atomic E-state index is -2.81. The summed E-state index contributed by atoms with van der Waals surface area (Å²) in [7, 11) is 0. The lowest BCUT2D eigenvalue weighted by Crippen LogP contribution is -2.01. The first-order valence-corrected chi connectivity index (χ1v) is 1.72. The quantitative estimate of drug-likeness (QED) is 0.615. The van der Waals surface area contributed by atoms with E-state index in [9.17, 15) is 0 Å². The predicted octanol–water partition coefficient (Wildman–Crippen LogP) is 1.41. The third-order valence-electron chi connectivity index (χ3n) is 0.306. The zero-order valence-corrected chi connectivity index (χ0v) is 5.17. The lowest BCUT2D eigenvalue weighted by molar-refractivity contribution is 0.596. The lowest BCUT2D eigenvalue weighted by atomic mass is 10.1. The molecule has 7 heavy (non-hydrogen) atoms. The summed E-state index contributed by atoms with van der Waals surface area (Å²) in [5, 5.41) is 0. The first-order valence-electron chi connectivity index (χ1n) is 5.12. The molecule has 2 heteroatoms. The van der Waals surface area contributed by atoms with Gasteiger partial charge in [0.25, 0.3) is 0 Å². The van der Waals surface area contributed by atoms with Gasteiger partial charge >= 0.3 is 0 Å². The summed E-state index contributed by atoms with van der Waals surface area (Å²) >= 11 is 0. The minimum absolute atomic E-state index is 0. The summed E-state index contributed by atoms with van der Waals surface area (Å²) in [6, 6.07) is 0. The van der Waals surface area contributed by atoms with Crippen molar-refractivity contribution in [3.8, 4) is 0 Å². The maximum Gasteiger partial charge on any atom is 0.118 e. The van der Waals surface area contributed by atoms with Crippen LogP contribution in [0.4, 0.5) is 0 Å². The van der Waals surface area contributed by atoms with Crippen molar-refractivity contribution >= 4 is 12.4 Å². The van der Waals surface area contributed by atoms with E-state index >= 15 is 0 Å². The van der Waals surface area contributed by atoms with Crippen LogP contribution in [-0.2, 0) is 0 Å². The summed E-state index contributed by atoms with van der Waals surface area (Å²) < 4.78 is 49.8. The molecule has 0 aromatic carbocycles. The molecule has 0 radical (unpaired) electrons. The molecule has 0 aromatic rings. The van der Waals surface area contributed by atoms with Crippen LogP contribution in [-0.4, -0.2) is 6.50 Å². The van der Waals surface area contributed by atoms with Crippen molar-refractivity contribution in [1.29, 1.82) is 0 Å². The fraction of sp³-hybridized carbons (Fsp3) is 1.00. The van der Waals surface area contributed by atoms with E-state index in [4.69, 9.17) is 9.68 Å². The van der Waals surface area contributed by atoms with Gasteiger partial charge in [0, 0.05) is 6.85 Å². The molecule has 0 aliphatic rings. The van der Waals surface area contributed by atoms with E-state index < -0.39 is 18.8 Å². The highest BCUT2D eigenvalue weighted by atomic mass is 35.5. The van der Waals surface area contributed by atoms with E-state index in [1.54, 1.807) is 0 Å². The highest BCUT2D eigenvalue weighted by molar-refractivity contribution is 5.85. The van der Waals surface area contributed by atoms with Crippen LogP contribution in [0.1, 0.15) is 27.1 Å². The van der Waals surface area contributed by atoms with Crippen molar-refractivity contribution in [2.24, 2.45) is 11.6 Å². The molecule has 46 valence electrons. The van der Waals surface area contributed by atoms with Crippen LogP contribution in [0.15, 0.2) is 0 Å². The molecule has 0 rings (SSSR count). The van der Waals surface area contributed by atoms with Gasteiger partial charge in [-0.15, -0.1) is 12.4 Å². The normalized spacial score (nSPS) is 29.3. The summed E-state index contributed by atoms with van der Waals surface area (Å²) in [5.74, 6) is -1.71. The Hall–Kier alpha value is 0.250. The van der Waals surface area contributed by atoms with Gasteiger partial charge in [-0.05, 0) is 18.8 Å². The van der Waals surface area contributed by atoms with Crippen LogP contribution in [0, 0.1) is 5.89 Å². The van der Waals surface area contributed by atoms with Gasteiger partial charge in [-0.3, -0.25) is 0 Å². The van der Waals surface area contributed by atoms with Gasteiger partial charge in [0.05, 0.1) is 0 Å². The van der Waals surface area contributed by atoms with Gasteiger partial charge in [-0.2, -0.15) is 0 Å². The van der Waals surface area contributed by atoms with Crippen molar-refractivity contribution in [1.82, 2.24) is 0 Å². The first-order chi connectivity index (χ1) is 5.44. The summed E-state index contributed by atoms with van der Waals surface area (Å²) in [5.41, 5.74) is -0.344. The van der Waals surface area contributed by atoms with Crippen LogP contribution in [0.2, 0.25) is 2.82 Å². The molecule has 2 N–H and O–H groups in total. The third-order valence-corrected chi connectivity index (χ3v) is 0.306. The molecule has 0 atom stereocenters. The second-order valence-corrected chi connectivity index (χ2v) is 1.24. The van der Waals surface area contributed by atoms with E-state index in [0.29, 0.717) is 0 Å². The molecule has 0 saturated heterocycles. The van der Waals surface area contributed by atoms with Crippen molar-refractivity contribution < 1.29 is 9.68 Å². The van der Waals surface area contributed by atoms with Gasteiger partial charge in [0.1, 0.15) is 2.82 Å². The van der Waals surface area contributed by atoms with E-state index in [1.807, 2.05) is 0 Å². The van der Waals surface area contributed by atoms with Crippen molar-refractivity contribution in [2.45, 2.75) is 20.2 Å². The number of rotatable bonds is 3. The molecular weight excluding hydrogens is 110 g/mol. The predicted molar refractivity (Wildman–Crippen MR) is 35.8 cm³/mol. The maximum absolute atomic E-state index is 7.38. The highest BCUT2D eigenvalue weighted by Gasteiger charge is 1.85. The highest BCUT2D eigenvalue weighted by Crippen LogP contribution is 1.93. The van der Waals surface area contributed by atoms with Crippen LogP contribution < -0.4 is 5.72 Å².